The molecule has 0 radical (unpaired) electrons. The van der Waals surface area contributed by atoms with Crippen molar-refractivity contribution in [1.82, 2.24) is 5.32 Å². The largest absolute Gasteiger partial charge is 0.481 e. The van der Waals surface area contributed by atoms with E-state index in [2.05, 4.69) is 5.32 Å². The zero-order chi connectivity index (χ0) is 11.3. The summed E-state index contributed by atoms with van der Waals surface area (Å²) in [6, 6.07) is 0.500. The Balaban J connectivity index is 2.15. The van der Waals surface area contributed by atoms with E-state index < -0.39 is 11.9 Å². The van der Waals surface area contributed by atoms with E-state index in [1.54, 1.807) is 0 Å². The van der Waals surface area contributed by atoms with Crippen molar-refractivity contribution in [2.75, 3.05) is 0 Å². The molecule has 1 heterocycles. The summed E-state index contributed by atoms with van der Waals surface area (Å²) in [6.07, 6.45) is 3.56. The predicted octanol–water partition coefficient (Wildman–Crippen LogP) is 0.837. The van der Waals surface area contributed by atoms with Crippen LogP contribution < -0.4 is 5.32 Å². The molecule has 0 amide bonds. The number of carboxylic acid groups (broad SMARTS) is 2. The van der Waals surface area contributed by atoms with Gasteiger partial charge in [0.2, 0.25) is 0 Å². The van der Waals surface area contributed by atoms with Crippen LogP contribution >= 0.6 is 0 Å². The van der Waals surface area contributed by atoms with Crippen LogP contribution in [-0.4, -0.2) is 34.2 Å². The fourth-order valence-electron chi connectivity index (χ4n) is 1.95. The molecule has 15 heavy (non-hydrogen) atoms. The van der Waals surface area contributed by atoms with Crippen molar-refractivity contribution in [2.24, 2.45) is 0 Å². The molecule has 5 nitrogen and oxygen atoms in total. The molecule has 0 aromatic rings. The lowest BCUT2D eigenvalue weighted by molar-refractivity contribution is -0.138. The molecular formula is C10H17NO4. The third-order valence-electron chi connectivity index (χ3n) is 2.75. The van der Waals surface area contributed by atoms with Gasteiger partial charge in [0, 0.05) is 24.9 Å². The third kappa shape index (κ3) is 4.78. The summed E-state index contributed by atoms with van der Waals surface area (Å²) in [5.41, 5.74) is 0. The van der Waals surface area contributed by atoms with Gasteiger partial charge in [-0.3, -0.25) is 9.59 Å². The highest BCUT2D eigenvalue weighted by Crippen LogP contribution is 2.19. The minimum absolute atomic E-state index is 0.184. The van der Waals surface area contributed by atoms with E-state index in [4.69, 9.17) is 10.2 Å². The smallest absolute Gasteiger partial charge is 0.303 e. The minimum Gasteiger partial charge on any atom is -0.481 e. The standard InChI is InChI=1S/C10H17NO4/c12-9(13)5-3-7-1-2-8(11-7)4-6-10(14)15/h7-8,11H,1-6H2,(H,12,13)(H,14,15). The normalized spacial score (nSPS) is 25.3. The maximum Gasteiger partial charge on any atom is 0.303 e. The van der Waals surface area contributed by atoms with Gasteiger partial charge in [-0.1, -0.05) is 0 Å². The molecule has 2 unspecified atom stereocenters. The number of carbonyl (C=O) groups is 2. The molecule has 1 aliphatic heterocycles. The monoisotopic (exact) mass is 215 g/mol. The number of hydrogen-bond acceptors (Lipinski definition) is 3. The van der Waals surface area contributed by atoms with Gasteiger partial charge in [-0.15, -0.1) is 0 Å². The molecule has 1 saturated heterocycles. The van der Waals surface area contributed by atoms with Crippen molar-refractivity contribution in [2.45, 2.75) is 50.6 Å². The second-order valence-electron chi connectivity index (χ2n) is 4.00. The van der Waals surface area contributed by atoms with E-state index in [-0.39, 0.29) is 24.9 Å². The average Bonchev–Trinajstić information content (AvgIpc) is 2.59. The summed E-state index contributed by atoms with van der Waals surface area (Å²) < 4.78 is 0. The van der Waals surface area contributed by atoms with E-state index in [9.17, 15) is 9.59 Å². The van der Waals surface area contributed by atoms with E-state index in [1.807, 2.05) is 0 Å². The SMILES string of the molecule is O=C(O)CCC1CCC(CCC(=O)O)N1. The van der Waals surface area contributed by atoms with Gasteiger partial charge in [-0.25, -0.2) is 0 Å². The summed E-state index contributed by atoms with van der Waals surface area (Å²) in [6.45, 7) is 0. The van der Waals surface area contributed by atoms with Crippen molar-refractivity contribution in [1.29, 1.82) is 0 Å². The zero-order valence-electron chi connectivity index (χ0n) is 8.61. The van der Waals surface area contributed by atoms with Crippen molar-refractivity contribution < 1.29 is 19.8 Å². The van der Waals surface area contributed by atoms with Crippen molar-refractivity contribution in [3.63, 3.8) is 0 Å². The number of aliphatic carboxylic acids is 2. The topological polar surface area (TPSA) is 86.6 Å². The van der Waals surface area contributed by atoms with Crippen LogP contribution in [0.5, 0.6) is 0 Å². The lowest BCUT2D eigenvalue weighted by Gasteiger charge is -2.12. The third-order valence-corrected chi connectivity index (χ3v) is 2.75. The van der Waals surface area contributed by atoms with Crippen LogP contribution in [0.25, 0.3) is 0 Å². The predicted molar refractivity (Wildman–Crippen MR) is 53.7 cm³/mol. The van der Waals surface area contributed by atoms with Gasteiger partial charge in [0.1, 0.15) is 0 Å². The molecule has 0 aromatic heterocycles. The van der Waals surface area contributed by atoms with Gasteiger partial charge in [-0.05, 0) is 25.7 Å². The van der Waals surface area contributed by atoms with Gasteiger partial charge in [0.25, 0.3) is 0 Å². The molecule has 86 valence electrons. The fourth-order valence-corrected chi connectivity index (χ4v) is 1.95. The van der Waals surface area contributed by atoms with Crippen molar-refractivity contribution in [3.05, 3.63) is 0 Å². The van der Waals surface area contributed by atoms with Gasteiger partial charge in [0.15, 0.2) is 0 Å². The van der Waals surface area contributed by atoms with E-state index >= 15 is 0 Å². The maximum absolute atomic E-state index is 10.3. The Kier molecular flexibility index (Phi) is 4.55. The van der Waals surface area contributed by atoms with Crippen LogP contribution in [0.3, 0.4) is 0 Å². The van der Waals surface area contributed by atoms with Crippen LogP contribution in [0.15, 0.2) is 0 Å². The molecule has 5 heteroatoms. The first kappa shape index (κ1) is 12.0. The molecule has 0 saturated carbocycles. The van der Waals surface area contributed by atoms with E-state index in [1.165, 1.54) is 0 Å². The van der Waals surface area contributed by atoms with Gasteiger partial charge in [0.05, 0.1) is 0 Å². The molecule has 0 spiro atoms. The fraction of sp³-hybridized carbons (Fsp3) is 0.800. The average molecular weight is 215 g/mol. The van der Waals surface area contributed by atoms with Crippen LogP contribution in [-0.2, 0) is 9.59 Å². The molecule has 2 atom stereocenters. The summed E-state index contributed by atoms with van der Waals surface area (Å²) in [4.78, 5) is 20.7. The van der Waals surface area contributed by atoms with Crippen LogP contribution in [0, 0.1) is 0 Å². The molecule has 0 aromatic carbocycles. The molecule has 0 bridgehead atoms. The van der Waals surface area contributed by atoms with Crippen LogP contribution in [0.4, 0.5) is 0 Å². The van der Waals surface area contributed by atoms with Crippen LogP contribution in [0.1, 0.15) is 38.5 Å². The molecular weight excluding hydrogens is 198 g/mol. The van der Waals surface area contributed by atoms with Crippen molar-refractivity contribution >= 4 is 11.9 Å². The summed E-state index contributed by atoms with van der Waals surface area (Å²) in [5.74, 6) is -1.54. The molecule has 0 aliphatic carbocycles. The Hall–Kier alpha value is -1.10. The van der Waals surface area contributed by atoms with E-state index in [0.29, 0.717) is 12.8 Å². The highest BCUT2D eigenvalue weighted by atomic mass is 16.4. The summed E-state index contributed by atoms with van der Waals surface area (Å²) in [5, 5.41) is 20.3. The second kappa shape index (κ2) is 5.70. The first-order valence-corrected chi connectivity index (χ1v) is 5.27. The quantitative estimate of drug-likeness (QED) is 0.611. The molecule has 1 rings (SSSR count). The number of rotatable bonds is 6. The number of carboxylic acids is 2. The highest BCUT2D eigenvalue weighted by Gasteiger charge is 2.24. The highest BCUT2D eigenvalue weighted by molar-refractivity contribution is 5.67. The van der Waals surface area contributed by atoms with Crippen LogP contribution in [0.2, 0.25) is 0 Å². The first-order chi connectivity index (χ1) is 7.08. The Bertz CT molecular complexity index is 218. The lowest BCUT2D eigenvalue weighted by Crippen LogP contribution is -2.30. The lowest BCUT2D eigenvalue weighted by atomic mass is 10.1. The Morgan fingerprint density at radius 2 is 1.40 bits per heavy atom. The summed E-state index contributed by atoms with van der Waals surface area (Å²) in [7, 11) is 0. The minimum atomic E-state index is -0.772. The van der Waals surface area contributed by atoms with Gasteiger partial charge in [-0.2, -0.15) is 0 Å². The van der Waals surface area contributed by atoms with Crippen molar-refractivity contribution in [3.8, 4) is 0 Å². The zero-order valence-corrected chi connectivity index (χ0v) is 8.61. The molecule has 3 N–H and O–H groups in total. The number of nitrogens with one attached hydrogen (secondary N) is 1. The van der Waals surface area contributed by atoms with E-state index in [0.717, 1.165) is 12.8 Å². The Morgan fingerprint density at radius 1 is 1.00 bits per heavy atom. The molecule has 1 aliphatic rings. The number of hydrogen-bond donors (Lipinski definition) is 3. The second-order valence-corrected chi connectivity index (χ2v) is 4.00. The Labute approximate surface area is 88.5 Å². The maximum atomic E-state index is 10.3. The summed E-state index contributed by atoms with van der Waals surface area (Å²) >= 11 is 0. The molecule has 1 fully saturated rings. The van der Waals surface area contributed by atoms with Gasteiger partial charge >= 0.3 is 11.9 Å². The first-order valence-electron chi connectivity index (χ1n) is 5.27. The Morgan fingerprint density at radius 3 is 1.73 bits per heavy atom. The van der Waals surface area contributed by atoms with Gasteiger partial charge < -0.3 is 15.5 Å².